The van der Waals surface area contributed by atoms with Crippen molar-refractivity contribution in [3.8, 4) is 0 Å². The number of nitrogens with zero attached hydrogens (tertiary/aromatic N) is 3. The highest BCUT2D eigenvalue weighted by molar-refractivity contribution is 5.88. The third-order valence-corrected chi connectivity index (χ3v) is 5.79. The summed E-state index contributed by atoms with van der Waals surface area (Å²) in [6.45, 7) is 5.19. The number of methoxy groups -OCH3 is 1. The molecule has 1 atom stereocenters. The van der Waals surface area contributed by atoms with Crippen LogP contribution >= 0.6 is 0 Å². The summed E-state index contributed by atoms with van der Waals surface area (Å²) in [7, 11) is 1.65. The van der Waals surface area contributed by atoms with Crippen molar-refractivity contribution in [2.75, 3.05) is 59.5 Å². The van der Waals surface area contributed by atoms with Crippen LogP contribution in [-0.4, -0.2) is 92.1 Å². The van der Waals surface area contributed by atoms with E-state index in [1.54, 1.807) is 23.0 Å². The Balaban J connectivity index is 1.61. The van der Waals surface area contributed by atoms with Crippen LogP contribution in [0.3, 0.4) is 0 Å². The third kappa shape index (κ3) is 6.41. The molecule has 0 radical (unpaired) electrons. The molecule has 3 rings (SSSR count). The summed E-state index contributed by atoms with van der Waals surface area (Å²) in [5.41, 5.74) is -0.251. The molecule has 2 aliphatic heterocycles. The summed E-state index contributed by atoms with van der Waals surface area (Å²) >= 11 is 0. The molecule has 2 amide bonds. The Hall–Kier alpha value is -2.17. The fraction of sp³-hybridized carbons (Fsp3) is 0.619. The lowest BCUT2D eigenvalue weighted by Gasteiger charge is -2.38. The molecule has 2 aliphatic rings. The van der Waals surface area contributed by atoms with Crippen molar-refractivity contribution in [3.63, 3.8) is 0 Å². The van der Waals surface area contributed by atoms with Gasteiger partial charge in [0.25, 0.3) is 0 Å². The molecule has 0 saturated carbocycles. The number of halogens is 3. The zero-order valence-corrected chi connectivity index (χ0v) is 17.7. The average Bonchev–Trinajstić information content (AvgIpc) is 2.74. The van der Waals surface area contributed by atoms with E-state index in [0.717, 1.165) is 31.8 Å². The number of nitrogens with one attached hydrogen (secondary N) is 1. The quantitative estimate of drug-likeness (QED) is 0.687. The Labute approximate surface area is 180 Å². The van der Waals surface area contributed by atoms with Gasteiger partial charge in [-0.15, -0.1) is 0 Å². The molecule has 172 valence electrons. The number of piperazine rings is 2. The van der Waals surface area contributed by atoms with Crippen LogP contribution in [0.4, 0.5) is 13.2 Å². The van der Waals surface area contributed by atoms with Crippen LogP contribution in [-0.2, 0) is 27.0 Å². The summed E-state index contributed by atoms with van der Waals surface area (Å²) < 4.78 is 44.1. The molecule has 10 heteroatoms. The number of rotatable bonds is 7. The fourth-order valence-electron chi connectivity index (χ4n) is 3.99. The molecule has 1 N–H and O–H groups in total. The van der Waals surface area contributed by atoms with Crippen LogP contribution in [0.1, 0.15) is 17.5 Å². The van der Waals surface area contributed by atoms with Gasteiger partial charge in [0.1, 0.15) is 0 Å². The van der Waals surface area contributed by atoms with Crippen LogP contribution in [0.2, 0.25) is 0 Å². The first kappa shape index (κ1) is 23.5. The molecule has 1 aromatic rings. The first-order valence-corrected chi connectivity index (χ1v) is 10.4. The minimum Gasteiger partial charge on any atom is -0.383 e. The van der Waals surface area contributed by atoms with E-state index in [2.05, 4.69) is 10.2 Å². The van der Waals surface area contributed by atoms with E-state index in [1.807, 2.05) is 0 Å². The van der Waals surface area contributed by atoms with E-state index in [9.17, 15) is 22.8 Å². The Morgan fingerprint density at radius 3 is 2.61 bits per heavy atom. The fourth-order valence-corrected chi connectivity index (χ4v) is 3.99. The van der Waals surface area contributed by atoms with Gasteiger partial charge >= 0.3 is 6.18 Å². The van der Waals surface area contributed by atoms with Crippen LogP contribution in [0.5, 0.6) is 0 Å². The minimum atomic E-state index is -4.42. The second-order valence-electron chi connectivity index (χ2n) is 7.89. The first-order valence-electron chi connectivity index (χ1n) is 10.4. The monoisotopic (exact) mass is 442 g/mol. The van der Waals surface area contributed by atoms with Gasteiger partial charge in [0, 0.05) is 59.5 Å². The molecular weight excluding hydrogens is 413 g/mol. The van der Waals surface area contributed by atoms with Gasteiger partial charge < -0.3 is 15.0 Å². The molecule has 0 bridgehead atoms. The largest absolute Gasteiger partial charge is 0.416 e. The van der Waals surface area contributed by atoms with Gasteiger partial charge in [-0.05, 0) is 11.6 Å². The van der Waals surface area contributed by atoms with Gasteiger partial charge in [0.05, 0.1) is 24.6 Å². The van der Waals surface area contributed by atoms with Crippen molar-refractivity contribution < 1.29 is 27.5 Å². The standard InChI is InChI=1S/C21H29F3N4O3/c1-31-12-11-26-7-9-27(10-8-26)19(29)14-18-20(30)25-5-6-28(18)15-16-3-2-4-17(13-16)21(22,23)24/h2-4,13,18H,5-12,14-15H2,1H3,(H,25,30). The van der Waals surface area contributed by atoms with E-state index in [1.165, 1.54) is 6.07 Å². The highest BCUT2D eigenvalue weighted by atomic mass is 19.4. The number of amides is 2. The lowest BCUT2D eigenvalue weighted by Crippen LogP contribution is -2.57. The summed E-state index contributed by atoms with van der Waals surface area (Å²) in [6, 6.07) is 4.41. The van der Waals surface area contributed by atoms with E-state index in [-0.39, 0.29) is 24.8 Å². The number of alkyl halides is 3. The molecule has 7 nitrogen and oxygen atoms in total. The van der Waals surface area contributed by atoms with Gasteiger partial charge in [-0.3, -0.25) is 19.4 Å². The van der Waals surface area contributed by atoms with Crippen molar-refractivity contribution in [2.45, 2.75) is 25.2 Å². The highest BCUT2D eigenvalue weighted by Crippen LogP contribution is 2.30. The second kappa shape index (κ2) is 10.4. The topological polar surface area (TPSA) is 65.1 Å². The van der Waals surface area contributed by atoms with Gasteiger partial charge in [-0.1, -0.05) is 18.2 Å². The molecule has 31 heavy (non-hydrogen) atoms. The molecule has 2 heterocycles. The van der Waals surface area contributed by atoms with Gasteiger partial charge in [0.2, 0.25) is 11.8 Å². The van der Waals surface area contributed by atoms with E-state index in [0.29, 0.717) is 38.3 Å². The SMILES string of the molecule is COCCN1CCN(C(=O)CC2C(=O)NCCN2Cc2cccc(C(F)(F)F)c2)CC1. The number of carbonyl (C=O) groups is 2. The lowest BCUT2D eigenvalue weighted by molar-refractivity contribution is -0.140. The Morgan fingerprint density at radius 2 is 1.94 bits per heavy atom. The molecule has 1 unspecified atom stereocenters. The normalized spacial score (nSPS) is 21.2. The zero-order valence-electron chi connectivity index (χ0n) is 17.7. The molecule has 2 fully saturated rings. The zero-order chi connectivity index (χ0) is 22.4. The van der Waals surface area contributed by atoms with Crippen LogP contribution in [0, 0.1) is 0 Å². The van der Waals surface area contributed by atoms with E-state index in [4.69, 9.17) is 4.74 Å². The summed E-state index contributed by atoms with van der Waals surface area (Å²) in [5, 5.41) is 2.77. The molecular formula is C21H29F3N4O3. The number of hydrogen-bond donors (Lipinski definition) is 1. The second-order valence-corrected chi connectivity index (χ2v) is 7.89. The predicted molar refractivity (Wildman–Crippen MR) is 108 cm³/mol. The summed E-state index contributed by atoms with van der Waals surface area (Å²) in [4.78, 5) is 31.1. The molecule has 1 aromatic carbocycles. The van der Waals surface area contributed by atoms with Crippen molar-refractivity contribution in [1.82, 2.24) is 20.0 Å². The van der Waals surface area contributed by atoms with Crippen LogP contribution in [0.25, 0.3) is 0 Å². The van der Waals surface area contributed by atoms with Gasteiger partial charge in [-0.25, -0.2) is 0 Å². The Kier molecular flexibility index (Phi) is 7.90. The summed E-state index contributed by atoms with van der Waals surface area (Å²) in [6.07, 6.45) is -4.40. The molecule has 0 aliphatic carbocycles. The maximum absolute atomic E-state index is 13.0. The van der Waals surface area contributed by atoms with Gasteiger partial charge in [-0.2, -0.15) is 13.2 Å². The molecule has 0 aromatic heterocycles. The molecule has 0 spiro atoms. The average molecular weight is 442 g/mol. The smallest absolute Gasteiger partial charge is 0.383 e. The number of hydrogen-bond acceptors (Lipinski definition) is 5. The Morgan fingerprint density at radius 1 is 1.19 bits per heavy atom. The first-order chi connectivity index (χ1) is 14.8. The number of ether oxygens (including phenoxy) is 1. The van der Waals surface area contributed by atoms with E-state index >= 15 is 0 Å². The van der Waals surface area contributed by atoms with Gasteiger partial charge in [0.15, 0.2) is 0 Å². The van der Waals surface area contributed by atoms with Crippen LogP contribution < -0.4 is 5.32 Å². The maximum Gasteiger partial charge on any atom is 0.416 e. The lowest BCUT2D eigenvalue weighted by atomic mass is 10.0. The third-order valence-electron chi connectivity index (χ3n) is 5.79. The van der Waals surface area contributed by atoms with E-state index < -0.39 is 17.8 Å². The number of benzene rings is 1. The van der Waals surface area contributed by atoms with Crippen molar-refractivity contribution in [3.05, 3.63) is 35.4 Å². The van der Waals surface area contributed by atoms with Crippen LogP contribution in [0.15, 0.2) is 24.3 Å². The van der Waals surface area contributed by atoms with Crippen molar-refractivity contribution >= 4 is 11.8 Å². The summed E-state index contributed by atoms with van der Waals surface area (Å²) in [5.74, 6) is -0.368. The predicted octanol–water partition coefficient (Wildman–Crippen LogP) is 1.19. The van der Waals surface area contributed by atoms with Crippen molar-refractivity contribution in [1.29, 1.82) is 0 Å². The highest BCUT2D eigenvalue weighted by Gasteiger charge is 2.34. The maximum atomic E-state index is 13.0. The Bertz CT molecular complexity index is 766. The molecule has 2 saturated heterocycles. The van der Waals surface area contributed by atoms with Crippen molar-refractivity contribution in [2.24, 2.45) is 0 Å². The number of carbonyl (C=O) groups excluding carboxylic acids is 2. The minimum absolute atomic E-state index is 0.0167.